The fourth-order valence-corrected chi connectivity index (χ4v) is 1.55. The number of amidine groups is 1. The molecule has 0 spiro atoms. The fourth-order valence-electron chi connectivity index (χ4n) is 1.55. The maximum absolute atomic E-state index is 5.41. The van der Waals surface area contributed by atoms with Crippen molar-refractivity contribution in [1.29, 1.82) is 0 Å². The summed E-state index contributed by atoms with van der Waals surface area (Å²) in [6.07, 6.45) is 4.14. The number of hydrogen-bond donors (Lipinski definition) is 2. The maximum Gasteiger partial charge on any atom is 0.110 e. The van der Waals surface area contributed by atoms with Gasteiger partial charge in [-0.05, 0) is 24.8 Å². The predicted octanol–water partition coefficient (Wildman–Crippen LogP) is 2.28. The molecule has 0 saturated carbocycles. The van der Waals surface area contributed by atoms with Crippen LogP contribution in [0.3, 0.4) is 0 Å². The molecule has 1 aromatic carbocycles. The van der Waals surface area contributed by atoms with Crippen LogP contribution in [0, 0.1) is 0 Å². The van der Waals surface area contributed by atoms with E-state index in [9.17, 15) is 0 Å². The van der Waals surface area contributed by atoms with Crippen molar-refractivity contribution < 1.29 is 0 Å². The van der Waals surface area contributed by atoms with Gasteiger partial charge in [0.1, 0.15) is 5.84 Å². The molecular weight excluding hydrogens is 198 g/mol. The zero-order valence-electron chi connectivity index (χ0n) is 9.95. The van der Waals surface area contributed by atoms with E-state index in [-0.39, 0.29) is 0 Å². The molecule has 3 heteroatoms. The van der Waals surface area contributed by atoms with Gasteiger partial charge in [0.05, 0.1) is 0 Å². The Morgan fingerprint density at radius 1 is 1.31 bits per heavy atom. The van der Waals surface area contributed by atoms with Crippen molar-refractivity contribution in [2.45, 2.75) is 32.6 Å². The highest BCUT2D eigenvalue weighted by molar-refractivity contribution is 5.81. The molecule has 0 bridgehead atoms. The molecule has 1 rings (SSSR count). The quantitative estimate of drug-likeness (QED) is 0.334. The van der Waals surface area contributed by atoms with Gasteiger partial charge in [-0.15, -0.1) is 0 Å². The lowest BCUT2D eigenvalue weighted by Gasteiger charge is -2.05. The highest BCUT2D eigenvalue weighted by Crippen LogP contribution is 2.04. The molecule has 3 N–H and O–H groups in total. The largest absolute Gasteiger partial charge is 0.312 e. The van der Waals surface area contributed by atoms with Gasteiger partial charge in [0.2, 0.25) is 0 Å². The lowest BCUT2D eigenvalue weighted by atomic mass is 10.1. The monoisotopic (exact) mass is 219 g/mol. The molecule has 88 valence electrons. The number of hydrazine groups is 1. The molecule has 0 atom stereocenters. The van der Waals surface area contributed by atoms with Crippen LogP contribution >= 0.6 is 0 Å². The van der Waals surface area contributed by atoms with Gasteiger partial charge < -0.3 is 5.43 Å². The highest BCUT2D eigenvalue weighted by atomic mass is 15.2. The van der Waals surface area contributed by atoms with Gasteiger partial charge in [0, 0.05) is 13.0 Å². The van der Waals surface area contributed by atoms with Crippen LogP contribution < -0.4 is 11.3 Å². The first-order valence-electron chi connectivity index (χ1n) is 5.90. The molecule has 0 radical (unpaired) electrons. The Hall–Kier alpha value is -1.35. The first-order valence-corrected chi connectivity index (χ1v) is 5.90. The standard InChI is InChI=1S/C13H21N3/c1-2-11-15-13(16-14)10-6-9-12-7-4-3-5-8-12/h3-5,7-8H,2,6,9-11,14H2,1H3,(H,15,16). The van der Waals surface area contributed by atoms with Crippen molar-refractivity contribution in [3.8, 4) is 0 Å². The van der Waals surface area contributed by atoms with Crippen LogP contribution in [0.5, 0.6) is 0 Å². The molecule has 0 saturated heterocycles. The number of nitrogens with two attached hydrogens (primary N) is 1. The second kappa shape index (κ2) is 7.88. The van der Waals surface area contributed by atoms with Gasteiger partial charge in [0.15, 0.2) is 0 Å². The third-order valence-corrected chi connectivity index (χ3v) is 2.41. The Balaban J connectivity index is 2.28. The molecule has 0 unspecified atom stereocenters. The molecule has 0 aliphatic carbocycles. The van der Waals surface area contributed by atoms with Crippen LogP contribution in [0.1, 0.15) is 31.7 Å². The summed E-state index contributed by atoms with van der Waals surface area (Å²) < 4.78 is 0. The Morgan fingerprint density at radius 2 is 2.06 bits per heavy atom. The van der Waals surface area contributed by atoms with Gasteiger partial charge in [-0.3, -0.25) is 4.99 Å². The summed E-state index contributed by atoms with van der Waals surface area (Å²) in [7, 11) is 0. The summed E-state index contributed by atoms with van der Waals surface area (Å²) in [5, 5.41) is 0. The molecular formula is C13H21N3. The van der Waals surface area contributed by atoms with E-state index in [0.29, 0.717) is 0 Å². The Bertz CT molecular complexity index is 306. The number of nitrogens with one attached hydrogen (secondary N) is 1. The van der Waals surface area contributed by atoms with E-state index in [1.807, 2.05) is 6.07 Å². The third kappa shape index (κ3) is 4.94. The number of aliphatic imine (C=N–C) groups is 1. The number of hydrogen-bond acceptors (Lipinski definition) is 2. The highest BCUT2D eigenvalue weighted by Gasteiger charge is 1.97. The van der Waals surface area contributed by atoms with Crippen molar-refractivity contribution in [1.82, 2.24) is 5.43 Å². The molecule has 16 heavy (non-hydrogen) atoms. The van der Waals surface area contributed by atoms with Crippen LogP contribution in [-0.4, -0.2) is 12.4 Å². The molecule has 0 aliphatic rings. The average Bonchev–Trinajstić information content (AvgIpc) is 2.35. The maximum atomic E-state index is 5.41. The Labute approximate surface area is 97.7 Å². The summed E-state index contributed by atoms with van der Waals surface area (Å²) in [5.41, 5.74) is 4.04. The lowest BCUT2D eigenvalue weighted by Crippen LogP contribution is -2.30. The predicted molar refractivity (Wildman–Crippen MR) is 69.3 cm³/mol. The Morgan fingerprint density at radius 3 is 2.69 bits per heavy atom. The van der Waals surface area contributed by atoms with Gasteiger partial charge >= 0.3 is 0 Å². The molecule has 0 amide bonds. The number of aryl methyl sites for hydroxylation is 1. The van der Waals surface area contributed by atoms with E-state index in [0.717, 1.165) is 38.1 Å². The van der Waals surface area contributed by atoms with Gasteiger partial charge in [-0.2, -0.15) is 0 Å². The van der Waals surface area contributed by atoms with Crippen LogP contribution in [0.15, 0.2) is 35.3 Å². The molecule has 0 aliphatic heterocycles. The summed E-state index contributed by atoms with van der Waals surface area (Å²) >= 11 is 0. The summed E-state index contributed by atoms with van der Waals surface area (Å²) in [6.45, 7) is 2.96. The van der Waals surface area contributed by atoms with E-state index in [2.05, 4.69) is 41.6 Å². The molecule has 3 nitrogen and oxygen atoms in total. The average molecular weight is 219 g/mol. The van der Waals surface area contributed by atoms with Crippen LogP contribution in [0.2, 0.25) is 0 Å². The number of nitrogens with zero attached hydrogens (tertiary/aromatic N) is 1. The van der Waals surface area contributed by atoms with E-state index in [1.54, 1.807) is 0 Å². The van der Waals surface area contributed by atoms with Crippen molar-refractivity contribution in [3.05, 3.63) is 35.9 Å². The van der Waals surface area contributed by atoms with Crippen molar-refractivity contribution in [2.75, 3.05) is 6.54 Å². The van der Waals surface area contributed by atoms with E-state index < -0.39 is 0 Å². The van der Waals surface area contributed by atoms with Crippen LogP contribution in [0.4, 0.5) is 0 Å². The van der Waals surface area contributed by atoms with E-state index in [1.165, 1.54) is 5.56 Å². The second-order valence-corrected chi connectivity index (χ2v) is 3.81. The molecule has 1 aromatic rings. The van der Waals surface area contributed by atoms with Crippen LogP contribution in [-0.2, 0) is 6.42 Å². The van der Waals surface area contributed by atoms with Gasteiger partial charge in [-0.1, -0.05) is 37.3 Å². The normalized spacial score (nSPS) is 11.5. The summed E-state index contributed by atoms with van der Waals surface area (Å²) in [5.74, 6) is 6.33. The van der Waals surface area contributed by atoms with Crippen LogP contribution in [0.25, 0.3) is 0 Å². The van der Waals surface area contributed by atoms with Crippen molar-refractivity contribution >= 4 is 5.84 Å². The zero-order chi connectivity index (χ0) is 11.6. The fraction of sp³-hybridized carbons (Fsp3) is 0.462. The molecule has 0 aromatic heterocycles. The smallest absolute Gasteiger partial charge is 0.110 e. The minimum absolute atomic E-state index is 0.852. The molecule has 0 fully saturated rings. The summed E-state index contributed by atoms with van der Waals surface area (Å²) in [6, 6.07) is 10.5. The first kappa shape index (κ1) is 12.7. The topological polar surface area (TPSA) is 50.4 Å². The lowest BCUT2D eigenvalue weighted by molar-refractivity contribution is 0.814. The van der Waals surface area contributed by atoms with Crippen molar-refractivity contribution in [3.63, 3.8) is 0 Å². The molecule has 0 heterocycles. The first-order chi connectivity index (χ1) is 7.86. The number of benzene rings is 1. The Kier molecular flexibility index (Phi) is 6.26. The SMILES string of the molecule is CCCN=C(CCCc1ccccc1)NN. The van der Waals surface area contributed by atoms with Gasteiger partial charge in [0.25, 0.3) is 0 Å². The minimum atomic E-state index is 0.852. The third-order valence-electron chi connectivity index (χ3n) is 2.41. The zero-order valence-corrected chi connectivity index (χ0v) is 9.95. The second-order valence-electron chi connectivity index (χ2n) is 3.81. The minimum Gasteiger partial charge on any atom is -0.312 e. The van der Waals surface area contributed by atoms with Crippen molar-refractivity contribution in [2.24, 2.45) is 10.8 Å². The van der Waals surface area contributed by atoms with E-state index in [4.69, 9.17) is 5.84 Å². The van der Waals surface area contributed by atoms with E-state index >= 15 is 0 Å². The summed E-state index contributed by atoms with van der Waals surface area (Å²) in [4.78, 5) is 4.37. The number of rotatable bonds is 6. The van der Waals surface area contributed by atoms with Gasteiger partial charge in [-0.25, -0.2) is 5.84 Å².